The Hall–Kier alpha value is -3.12. The van der Waals surface area contributed by atoms with Crippen molar-refractivity contribution < 1.29 is 14.3 Å². The van der Waals surface area contributed by atoms with Crippen molar-refractivity contribution in [2.24, 2.45) is 0 Å². The first-order valence-corrected chi connectivity index (χ1v) is 8.78. The van der Waals surface area contributed by atoms with Crippen LogP contribution in [-0.4, -0.2) is 27.4 Å². The fraction of sp³-hybridized carbons (Fsp3) is 0.238. The van der Waals surface area contributed by atoms with E-state index in [0.29, 0.717) is 17.9 Å². The second-order valence-corrected chi connectivity index (χ2v) is 6.63. The molecule has 0 bridgehead atoms. The summed E-state index contributed by atoms with van der Waals surface area (Å²) in [6.45, 7) is 4.28. The summed E-state index contributed by atoms with van der Waals surface area (Å²) in [7, 11) is 0. The zero-order valence-electron chi connectivity index (χ0n) is 15.2. The van der Waals surface area contributed by atoms with Crippen LogP contribution < -0.4 is 10.4 Å². The summed E-state index contributed by atoms with van der Waals surface area (Å²) >= 11 is 0. The molecule has 2 aromatic heterocycles. The smallest absolute Gasteiger partial charge is 0.336 e. The van der Waals surface area contributed by atoms with Crippen molar-refractivity contribution in [2.45, 2.75) is 26.5 Å². The quantitative estimate of drug-likeness (QED) is 0.550. The molecule has 27 heavy (non-hydrogen) atoms. The molecule has 0 unspecified atom stereocenters. The Balaban J connectivity index is 1.49. The topological polar surface area (TPSA) is 77.5 Å². The van der Waals surface area contributed by atoms with Crippen LogP contribution in [-0.2, 0) is 6.54 Å². The minimum atomic E-state index is -0.707. The number of ether oxygens (including phenoxy) is 1. The summed E-state index contributed by atoms with van der Waals surface area (Å²) in [5.74, 6) is 1.39. The number of para-hydroxylation sites is 2. The molecule has 0 radical (unpaired) electrons. The number of imidazole rings is 1. The van der Waals surface area contributed by atoms with E-state index in [1.165, 1.54) is 6.07 Å². The Morgan fingerprint density at radius 1 is 1.19 bits per heavy atom. The molecule has 138 valence electrons. The van der Waals surface area contributed by atoms with Crippen molar-refractivity contribution >= 4 is 22.0 Å². The van der Waals surface area contributed by atoms with E-state index in [2.05, 4.69) is 4.98 Å². The third kappa shape index (κ3) is 3.44. The molecule has 0 aliphatic rings. The standard InChI is InChI=1S/C21H20N2O4/c1-13-9-21(25)27-20-10-16(7-8-17(13)20)26-12-15(24)11-23-14(2)22-18-5-3-4-6-19(18)23/h3-10,15,24H,11-12H2,1-2H3/t15-/m1/s1. The third-order valence-corrected chi connectivity index (χ3v) is 4.60. The lowest BCUT2D eigenvalue weighted by atomic mass is 10.1. The molecule has 6 heteroatoms. The third-order valence-electron chi connectivity index (χ3n) is 4.60. The van der Waals surface area contributed by atoms with E-state index >= 15 is 0 Å². The summed E-state index contributed by atoms with van der Waals surface area (Å²) in [4.78, 5) is 16.0. The molecule has 4 rings (SSSR count). The lowest BCUT2D eigenvalue weighted by Crippen LogP contribution is -2.24. The van der Waals surface area contributed by atoms with Crippen molar-refractivity contribution in [3.05, 3.63) is 70.3 Å². The molecule has 0 saturated heterocycles. The average Bonchev–Trinajstić information content (AvgIpc) is 2.95. The lowest BCUT2D eigenvalue weighted by molar-refractivity contribution is 0.0929. The number of hydrogen-bond donors (Lipinski definition) is 1. The summed E-state index contributed by atoms with van der Waals surface area (Å²) < 4.78 is 12.9. The van der Waals surface area contributed by atoms with Gasteiger partial charge in [-0.1, -0.05) is 12.1 Å². The van der Waals surface area contributed by atoms with Crippen LogP contribution in [0.3, 0.4) is 0 Å². The largest absolute Gasteiger partial charge is 0.491 e. The molecular formula is C21H20N2O4. The van der Waals surface area contributed by atoms with Crippen LogP contribution in [0.25, 0.3) is 22.0 Å². The van der Waals surface area contributed by atoms with Gasteiger partial charge in [0, 0.05) is 17.5 Å². The van der Waals surface area contributed by atoms with Gasteiger partial charge in [0.1, 0.15) is 29.9 Å². The van der Waals surface area contributed by atoms with E-state index in [0.717, 1.165) is 27.8 Å². The van der Waals surface area contributed by atoms with Crippen molar-refractivity contribution in [1.82, 2.24) is 9.55 Å². The van der Waals surface area contributed by atoms with Crippen molar-refractivity contribution in [1.29, 1.82) is 0 Å². The Labute approximate surface area is 155 Å². The van der Waals surface area contributed by atoms with Gasteiger partial charge >= 0.3 is 5.63 Å². The summed E-state index contributed by atoms with van der Waals surface area (Å²) in [5.41, 5.74) is 2.83. The van der Waals surface area contributed by atoms with Gasteiger partial charge < -0.3 is 18.8 Å². The van der Waals surface area contributed by atoms with Gasteiger partial charge in [-0.25, -0.2) is 9.78 Å². The van der Waals surface area contributed by atoms with E-state index in [4.69, 9.17) is 9.15 Å². The van der Waals surface area contributed by atoms with Crippen molar-refractivity contribution in [3.8, 4) is 5.75 Å². The first-order chi connectivity index (χ1) is 13.0. The highest BCUT2D eigenvalue weighted by Crippen LogP contribution is 2.22. The average molecular weight is 364 g/mol. The minimum absolute atomic E-state index is 0.119. The van der Waals surface area contributed by atoms with E-state index in [1.807, 2.05) is 48.7 Å². The molecule has 6 nitrogen and oxygen atoms in total. The number of aliphatic hydroxyl groups excluding tert-OH is 1. The van der Waals surface area contributed by atoms with Crippen LogP contribution >= 0.6 is 0 Å². The number of aliphatic hydroxyl groups is 1. The maximum absolute atomic E-state index is 11.5. The molecule has 0 fully saturated rings. The summed E-state index contributed by atoms with van der Waals surface area (Å²) in [6.07, 6.45) is -0.707. The number of fused-ring (bicyclic) bond motifs is 2. The molecule has 2 heterocycles. The van der Waals surface area contributed by atoms with E-state index in [1.54, 1.807) is 12.1 Å². The molecule has 0 saturated carbocycles. The lowest BCUT2D eigenvalue weighted by Gasteiger charge is -2.15. The normalized spacial score (nSPS) is 12.6. The molecule has 1 N–H and O–H groups in total. The minimum Gasteiger partial charge on any atom is -0.491 e. The highest BCUT2D eigenvalue weighted by Gasteiger charge is 2.13. The van der Waals surface area contributed by atoms with Crippen LogP contribution in [0.2, 0.25) is 0 Å². The first kappa shape index (κ1) is 17.3. The van der Waals surface area contributed by atoms with Gasteiger partial charge in [0.2, 0.25) is 0 Å². The monoisotopic (exact) mass is 364 g/mol. The molecule has 1 atom stereocenters. The number of nitrogens with zero attached hydrogens (tertiary/aromatic N) is 2. The summed E-state index contributed by atoms with van der Waals surface area (Å²) in [6, 6.07) is 14.6. The van der Waals surface area contributed by atoms with Gasteiger partial charge in [-0.15, -0.1) is 0 Å². The van der Waals surface area contributed by atoms with Gasteiger partial charge in [0.25, 0.3) is 0 Å². The highest BCUT2D eigenvalue weighted by atomic mass is 16.5. The number of hydrogen-bond acceptors (Lipinski definition) is 5. The number of rotatable bonds is 5. The van der Waals surface area contributed by atoms with Crippen molar-refractivity contribution in [2.75, 3.05) is 6.61 Å². The predicted octanol–water partition coefficient (Wildman–Crippen LogP) is 3.20. The summed E-state index contributed by atoms with van der Waals surface area (Å²) in [5, 5.41) is 11.3. The van der Waals surface area contributed by atoms with E-state index < -0.39 is 6.10 Å². The van der Waals surface area contributed by atoms with Gasteiger partial charge in [0.05, 0.1) is 17.6 Å². The maximum Gasteiger partial charge on any atom is 0.336 e. The molecule has 0 aliphatic heterocycles. The Morgan fingerprint density at radius 3 is 2.85 bits per heavy atom. The maximum atomic E-state index is 11.5. The van der Waals surface area contributed by atoms with Gasteiger partial charge in [0.15, 0.2) is 0 Å². The first-order valence-electron chi connectivity index (χ1n) is 8.78. The van der Waals surface area contributed by atoms with Crippen LogP contribution in [0.15, 0.2) is 57.7 Å². The highest BCUT2D eigenvalue weighted by molar-refractivity contribution is 5.81. The number of aromatic nitrogens is 2. The zero-order valence-corrected chi connectivity index (χ0v) is 15.2. The fourth-order valence-electron chi connectivity index (χ4n) is 3.28. The van der Waals surface area contributed by atoms with Crippen LogP contribution in [0, 0.1) is 13.8 Å². The molecule has 0 amide bonds. The zero-order chi connectivity index (χ0) is 19.0. The molecule has 0 spiro atoms. The molecule has 4 aromatic rings. The van der Waals surface area contributed by atoms with Crippen LogP contribution in [0.1, 0.15) is 11.4 Å². The van der Waals surface area contributed by atoms with Crippen LogP contribution in [0.5, 0.6) is 5.75 Å². The van der Waals surface area contributed by atoms with Gasteiger partial charge in [-0.3, -0.25) is 0 Å². The molecule has 0 aliphatic carbocycles. The van der Waals surface area contributed by atoms with E-state index in [-0.39, 0.29) is 12.2 Å². The number of aryl methyl sites for hydroxylation is 2. The van der Waals surface area contributed by atoms with Crippen molar-refractivity contribution in [3.63, 3.8) is 0 Å². The Kier molecular flexibility index (Phi) is 4.41. The van der Waals surface area contributed by atoms with Crippen LogP contribution in [0.4, 0.5) is 0 Å². The van der Waals surface area contributed by atoms with Gasteiger partial charge in [-0.2, -0.15) is 0 Å². The van der Waals surface area contributed by atoms with Gasteiger partial charge in [-0.05, 0) is 43.7 Å². The second kappa shape index (κ2) is 6.89. The Bertz CT molecular complexity index is 1180. The fourth-order valence-corrected chi connectivity index (χ4v) is 3.28. The van der Waals surface area contributed by atoms with E-state index in [9.17, 15) is 9.90 Å². The molecule has 2 aromatic carbocycles. The molecular weight excluding hydrogens is 344 g/mol. The SMILES string of the molecule is Cc1cc(=O)oc2cc(OC[C@H](O)Cn3c(C)nc4ccccc43)ccc12. The number of benzene rings is 2. The Morgan fingerprint density at radius 2 is 2.00 bits per heavy atom. The predicted molar refractivity (Wildman–Crippen MR) is 103 cm³/mol. The second-order valence-electron chi connectivity index (χ2n) is 6.63.